The van der Waals surface area contributed by atoms with E-state index in [1.165, 1.54) is 23.5 Å². The topological polar surface area (TPSA) is 96.0 Å². The first-order chi connectivity index (χ1) is 14.5. The third-order valence-corrected chi connectivity index (χ3v) is 6.32. The molecule has 1 heterocycles. The Hall–Kier alpha value is -2.69. The summed E-state index contributed by atoms with van der Waals surface area (Å²) in [6, 6.07) is 12.3. The lowest BCUT2D eigenvalue weighted by Gasteiger charge is -2.04. The van der Waals surface area contributed by atoms with Gasteiger partial charge in [-0.15, -0.1) is 11.8 Å². The number of ether oxygens (including phenoxy) is 2. The maximum Gasteiger partial charge on any atom is 0.270 e. The van der Waals surface area contributed by atoms with Crippen LogP contribution in [0.15, 0.2) is 52.4 Å². The maximum atomic E-state index is 12.4. The summed E-state index contributed by atoms with van der Waals surface area (Å²) in [6.07, 6.45) is 0.287. The molecule has 0 bridgehead atoms. The van der Waals surface area contributed by atoms with Crippen LogP contribution in [0.2, 0.25) is 0 Å². The molecule has 2 aromatic carbocycles. The number of methoxy groups -OCH3 is 2. The number of fused-ring (bicyclic) bond motifs is 1. The van der Waals surface area contributed by atoms with Crippen LogP contribution in [-0.4, -0.2) is 42.0 Å². The molecule has 0 fully saturated rings. The number of nitro groups is 1. The fourth-order valence-electron chi connectivity index (χ4n) is 2.75. The van der Waals surface area contributed by atoms with Crippen LogP contribution >= 0.6 is 23.1 Å². The van der Waals surface area contributed by atoms with E-state index in [-0.39, 0.29) is 18.0 Å². The number of thioether (sulfide) groups is 1. The van der Waals surface area contributed by atoms with Crippen molar-refractivity contribution in [3.8, 4) is 5.75 Å². The van der Waals surface area contributed by atoms with Crippen molar-refractivity contribution in [3.63, 3.8) is 0 Å². The SMILES string of the molecule is COCCn1c(=NC(=O)CCSc2ccc(OC)cc2)sc2cc([N+](=O)[O-])ccc21. The van der Waals surface area contributed by atoms with E-state index in [4.69, 9.17) is 9.47 Å². The lowest BCUT2D eigenvalue weighted by atomic mass is 10.3. The zero-order chi connectivity index (χ0) is 21.5. The fraction of sp³-hybridized carbons (Fsp3) is 0.300. The van der Waals surface area contributed by atoms with E-state index in [1.807, 2.05) is 28.8 Å². The molecule has 3 rings (SSSR count). The average molecular weight is 448 g/mol. The van der Waals surface area contributed by atoms with Crippen LogP contribution in [0, 0.1) is 10.1 Å². The van der Waals surface area contributed by atoms with Crippen molar-refractivity contribution in [1.82, 2.24) is 4.57 Å². The Balaban J connectivity index is 1.76. The van der Waals surface area contributed by atoms with Gasteiger partial charge in [0.05, 0.1) is 28.9 Å². The number of carbonyl (C=O) groups excluding carboxylic acids is 1. The Morgan fingerprint density at radius 2 is 2.00 bits per heavy atom. The molecule has 0 saturated carbocycles. The van der Waals surface area contributed by atoms with Crippen molar-refractivity contribution in [2.24, 2.45) is 4.99 Å². The largest absolute Gasteiger partial charge is 0.497 e. The molecule has 0 radical (unpaired) electrons. The van der Waals surface area contributed by atoms with Crippen molar-refractivity contribution in [3.05, 3.63) is 57.4 Å². The lowest BCUT2D eigenvalue weighted by molar-refractivity contribution is -0.384. The predicted octanol–water partition coefficient (Wildman–Crippen LogP) is 3.88. The number of benzene rings is 2. The molecule has 0 aliphatic carbocycles. The van der Waals surface area contributed by atoms with Gasteiger partial charge in [0, 0.05) is 42.9 Å². The predicted molar refractivity (Wildman–Crippen MR) is 117 cm³/mol. The van der Waals surface area contributed by atoms with Crippen LogP contribution in [0.3, 0.4) is 0 Å². The van der Waals surface area contributed by atoms with Gasteiger partial charge in [0.2, 0.25) is 5.91 Å². The van der Waals surface area contributed by atoms with Gasteiger partial charge in [0.1, 0.15) is 5.75 Å². The van der Waals surface area contributed by atoms with Gasteiger partial charge in [-0.05, 0) is 30.3 Å². The molecule has 8 nitrogen and oxygen atoms in total. The number of nitro benzene ring substituents is 1. The molecule has 10 heteroatoms. The first-order valence-corrected chi connectivity index (χ1v) is 10.9. The van der Waals surface area contributed by atoms with Crippen LogP contribution in [0.1, 0.15) is 6.42 Å². The monoisotopic (exact) mass is 447 g/mol. The molecule has 30 heavy (non-hydrogen) atoms. The Morgan fingerprint density at radius 1 is 1.23 bits per heavy atom. The molecule has 158 valence electrons. The van der Waals surface area contributed by atoms with Crippen molar-refractivity contribution in [2.75, 3.05) is 26.6 Å². The molecule has 1 amide bonds. The minimum Gasteiger partial charge on any atom is -0.497 e. The van der Waals surface area contributed by atoms with Gasteiger partial charge in [-0.1, -0.05) is 11.3 Å². The maximum absolute atomic E-state index is 12.4. The molecule has 3 aromatic rings. The van der Waals surface area contributed by atoms with Crippen molar-refractivity contribution >= 4 is 44.9 Å². The van der Waals surface area contributed by atoms with E-state index in [1.54, 1.807) is 32.0 Å². The highest BCUT2D eigenvalue weighted by atomic mass is 32.2. The van der Waals surface area contributed by atoms with E-state index in [9.17, 15) is 14.9 Å². The average Bonchev–Trinajstić information content (AvgIpc) is 3.08. The third kappa shape index (κ3) is 5.47. The molecule has 0 atom stereocenters. The second-order valence-corrected chi connectivity index (χ2v) is 8.40. The Morgan fingerprint density at radius 3 is 2.67 bits per heavy atom. The molecule has 0 aliphatic heterocycles. The number of thiazole rings is 1. The number of amides is 1. The van der Waals surface area contributed by atoms with Crippen LogP contribution < -0.4 is 9.54 Å². The summed E-state index contributed by atoms with van der Waals surface area (Å²) < 4.78 is 12.9. The summed E-state index contributed by atoms with van der Waals surface area (Å²) >= 11 is 2.83. The van der Waals surface area contributed by atoms with Crippen molar-refractivity contribution in [2.45, 2.75) is 17.9 Å². The number of carbonyl (C=O) groups is 1. The number of aromatic nitrogens is 1. The summed E-state index contributed by atoms with van der Waals surface area (Å²) in [7, 11) is 3.21. The summed E-state index contributed by atoms with van der Waals surface area (Å²) in [6.45, 7) is 0.943. The van der Waals surface area contributed by atoms with E-state index in [0.29, 0.717) is 28.4 Å². The third-order valence-electron chi connectivity index (χ3n) is 4.26. The van der Waals surface area contributed by atoms with Crippen molar-refractivity contribution in [1.29, 1.82) is 0 Å². The first kappa shape index (κ1) is 22.0. The smallest absolute Gasteiger partial charge is 0.270 e. The Kier molecular flexibility index (Phi) is 7.61. The molecule has 0 N–H and O–H groups in total. The number of non-ortho nitro benzene ring substituents is 1. The quantitative estimate of drug-likeness (QED) is 0.281. The zero-order valence-electron chi connectivity index (χ0n) is 16.6. The Labute approximate surface area is 181 Å². The number of nitrogens with zero attached hydrogens (tertiary/aromatic N) is 3. The van der Waals surface area contributed by atoms with Gasteiger partial charge in [0.15, 0.2) is 4.80 Å². The van der Waals surface area contributed by atoms with Crippen LogP contribution in [0.25, 0.3) is 10.2 Å². The molecular weight excluding hydrogens is 426 g/mol. The summed E-state index contributed by atoms with van der Waals surface area (Å²) in [5, 5.41) is 11.1. The minimum atomic E-state index is -0.434. The zero-order valence-corrected chi connectivity index (χ0v) is 18.2. The van der Waals surface area contributed by atoms with Crippen LogP contribution in [0.4, 0.5) is 5.69 Å². The van der Waals surface area contributed by atoms with Gasteiger partial charge in [-0.25, -0.2) is 0 Å². The molecular formula is C20H21N3O5S2. The van der Waals surface area contributed by atoms with Gasteiger partial charge in [-0.3, -0.25) is 14.9 Å². The van der Waals surface area contributed by atoms with Gasteiger partial charge >= 0.3 is 0 Å². The minimum absolute atomic E-state index is 0.0106. The number of hydrogen-bond acceptors (Lipinski definition) is 7. The second kappa shape index (κ2) is 10.4. The molecule has 0 unspecified atom stereocenters. The highest BCUT2D eigenvalue weighted by Crippen LogP contribution is 2.24. The van der Waals surface area contributed by atoms with Crippen LogP contribution in [-0.2, 0) is 16.1 Å². The van der Waals surface area contributed by atoms with E-state index in [2.05, 4.69) is 4.99 Å². The van der Waals surface area contributed by atoms with E-state index >= 15 is 0 Å². The molecule has 1 aromatic heterocycles. The standard InChI is InChI=1S/C20H21N3O5S2/c1-27-11-10-22-17-8-3-14(23(25)26)13-18(17)30-20(22)21-19(24)9-12-29-16-6-4-15(28-2)5-7-16/h3-8,13H,9-12H2,1-2H3. The van der Waals surface area contributed by atoms with E-state index < -0.39 is 4.92 Å². The molecule has 0 spiro atoms. The number of rotatable bonds is 9. The van der Waals surface area contributed by atoms with Gasteiger partial charge in [-0.2, -0.15) is 4.99 Å². The summed E-state index contributed by atoms with van der Waals surface area (Å²) in [5.74, 6) is 1.16. The lowest BCUT2D eigenvalue weighted by Crippen LogP contribution is -2.19. The van der Waals surface area contributed by atoms with Crippen LogP contribution in [0.5, 0.6) is 5.75 Å². The molecule has 0 saturated heterocycles. The van der Waals surface area contributed by atoms with Crippen molar-refractivity contribution < 1.29 is 19.2 Å². The van der Waals surface area contributed by atoms with Gasteiger partial charge in [0.25, 0.3) is 5.69 Å². The summed E-state index contributed by atoms with van der Waals surface area (Å²) in [5.41, 5.74) is 0.804. The summed E-state index contributed by atoms with van der Waals surface area (Å²) in [4.78, 5) is 28.9. The second-order valence-electron chi connectivity index (χ2n) is 6.22. The fourth-order valence-corrected chi connectivity index (χ4v) is 4.70. The normalized spacial score (nSPS) is 11.7. The highest BCUT2D eigenvalue weighted by molar-refractivity contribution is 7.99. The van der Waals surface area contributed by atoms with E-state index in [0.717, 1.165) is 16.2 Å². The number of hydrogen-bond donors (Lipinski definition) is 0. The first-order valence-electron chi connectivity index (χ1n) is 9.13. The highest BCUT2D eigenvalue weighted by Gasteiger charge is 2.13. The van der Waals surface area contributed by atoms with Gasteiger partial charge < -0.3 is 14.0 Å². The Bertz CT molecular complexity index is 1110. The molecule has 0 aliphatic rings.